The Balaban J connectivity index is 2.47. The van der Waals surface area contributed by atoms with Crippen LogP contribution in [-0.4, -0.2) is 18.2 Å². The molecule has 0 aliphatic carbocycles. The first-order valence-corrected chi connectivity index (χ1v) is 8.29. The summed E-state index contributed by atoms with van der Waals surface area (Å²) in [6.45, 7) is 4.04. The predicted octanol–water partition coefficient (Wildman–Crippen LogP) is 2.56. The lowest BCUT2D eigenvalue weighted by molar-refractivity contribution is 0.585. The lowest BCUT2D eigenvalue weighted by Crippen LogP contribution is -2.12. The zero-order valence-electron chi connectivity index (χ0n) is 11.6. The van der Waals surface area contributed by atoms with Gasteiger partial charge < -0.3 is 5.73 Å². The highest BCUT2D eigenvalue weighted by Crippen LogP contribution is 2.27. The van der Waals surface area contributed by atoms with Crippen molar-refractivity contribution in [3.05, 3.63) is 40.4 Å². The monoisotopic (exact) mass is 331 g/mol. The fourth-order valence-electron chi connectivity index (χ4n) is 2.07. The summed E-state index contributed by atoms with van der Waals surface area (Å²) >= 11 is 6.11. The number of anilines is 1. The van der Waals surface area contributed by atoms with Gasteiger partial charge in [-0.1, -0.05) is 11.6 Å². The third kappa shape index (κ3) is 3.03. The quantitative estimate of drug-likeness (QED) is 0.690. The van der Waals surface area contributed by atoms with Crippen LogP contribution in [0.3, 0.4) is 0 Å². The van der Waals surface area contributed by atoms with Gasteiger partial charge in [0.05, 0.1) is 32.7 Å². The molecule has 21 heavy (non-hydrogen) atoms. The van der Waals surface area contributed by atoms with E-state index in [-0.39, 0.29) is 16.3 Å². The minimum absolute atomic E-state index is 0.110. The third-order valence-electron chi connectivity index (χ3n) is 3.09. The summed E-state index contributed by atoms with van der Waals surface area (Å²) in [6.07, 6.45) is 0. The highest BCUT2D eigenvalue weighted by Gasteiger charge is 2.24. The number of hydrogen-bond acceptors (Lipinski definition) is 4. The van der Waals surface area contributed by atoms with Crippen LogP contribution in [0.5, 0.6) is 0 Å². The lowest BCUT2D eigenvalue weighted by Gasteiger charge is -2.09. The van der Waals surface area contributed by atoms with Crippen molar-refractivity contribution in [1.29, 1.82) is 0 Å². The van der Waals surface area contributed by atoms with Gasteiger partial charge in [-0.2, -0.15) is 5.10 Å². The Labute approximate surface area is 127 Å². The standard InChI is InChI=1S/C13H15ClFN3O2S/c1-3-18-11(13(14)8(2)17-18)7-21(19,20)12-5-4-9(15)6-10(12)16/h4-6H,3,7,16H2,1-2H3. The number of nitrogen functional groups attached to an aromatic ring is 1. The summed E-state index contributed by atoms with van der Waals surface area (Å²) in [4.78, 5) is -0.110. The van der Waals surface area contributed by atoms with Crippen LogP contribution in [0.25, 0.3) is 0 Å². The largest absolute Gasteiger partial charge is 0.398 e. The summed E-state index contributed by atoms with van der Waals surface area (Å²) in [7, 11) is -3.74. The van der Waals surface area contributed by atoms with E-state index >= 15 is 0 Å². The van der Waals surface area contributed by atoms with E-state index in [1.807, 2.05) is 6.92 Å². The first-order chi connectivity index (χ1) is 9.76. The Morgan fingerprint density at radius 2 is 2.10 bits per heavy atom. The molecule has 8 heteroatoms. The average molecular weight is 332 g/mol. The molecule has 0 amide bonds. The smallest absolute Gasteiger partial charge is 0.186 e. The molecule has 1 aromatic heterocycles. The Kier molecular flexibility index (Phi) is 4.25. The summed E-state index contributed by atoms with van der Waals surface area (Å²) < 4.78 is 39.5. The number of aryl methyl sites for hydroxylation is 2. The molecule has 0 atom stereocenters. The van der Waals surface area contributed by atoms with Crippen molar-refractivity contribution >= 4 is 27.1 Å². The van der Waals surface area contributed by atoms with E-state index in [0.717, 1.165) is 18.2 Å². The van der Waals surface area contributed by atoms with E-state index in [2.05, 4.69) is 5.10 Å². The predicted molar refractivity (Wildman–Crippen MR) is 79.4 cm³/mol. The number of benzene rings is 1. The van der Waals surface area contributed by atoms with Crippen molar-refractivity contribution in [2.75, 3.05) is 5.73 Å². The van der Waals surface area contributed by atoms with Gasteiger partial charge in [0, 0.05) is 6.54 Å². The van der Waals surface area contributed by atoms with Crippen LogP contribution in [0.2, 0.25) is 5.02 Å². The molecule has 0 aliphatic heterocycles. The van der Waals surface area contributed by atoms with Crippen LogP contribution < -0.4 is 5.73 Å². The van der Waals surface area contributed by atoms with Gasteiger partial charge >= 0.3 is 0 Å². The molecule has 1 heterocycles. The molecule has 0 fully saturated rings. The van der Waals surface area contributed by atoms with Gasteiger partial charge in [0.15, 0.2) is 9.84 Å². The third-order valence-corrected chi connectivity index (χ3v) is 5.27. The Hall–Kier alpha value is -1.60. The highest BCUT2D eigenvalue weighted by molar-refractivity contribution is 7.90. The number of aromatic nitrogens is 2. The summed E-state index contributed by atoms with van der Waals surface area (Å²) in [5.41, 5.74) is 6.45. The maximum atomic E-state index is 13.0. The molecule has 1 aromatic carbocycles. The van der Waals surface area contributed by atoms with Gasteiger partial charge in [-0.05, 0) is 32.0 Å². The molecule has 2 rings (SSSR count). The van der Waals surface area contributed by atoms with Crippen molar-refractivity contribution in [3.63, 3.8) is 0 Å². The van der Waals surface area contributed by atoms with E-state index in [1.54, 1.807) is 6.92 Å². The van der Waals surface area contributed by atoms with Crippen LogP contribution in [0, 0.1) is 12.7 Å². The number of hydrogen-bond donors (Lipinski definition) is 1. The molecule has 0 radical (unpaired) electrons. The number of sulfone groups is 1. The van der Waals surface area contributed by atoms with E-state index in [9.17, 15) is 12.8 Å². The van der Waals surface area contributed by atoms with Crippen LogP contribution in [0.15, 0.2) is 23.1 Å². The van der Waals surface area contributed by atoms with E-state index in [1.165, 1.54) is 4.68 Å². The van der Waals surface area contributed by atoms with E-state index in [4.69, 9.17) is 17.3 Å². The normalized spacial score (nSPS) is 11.8. The highest BCUT2D eigenvalue weighted by atomic mass is 35.5. The second-order valence-electron chi connectivity index (χ2n) is 4.60. The SMILES string of the molecule is CCn1nc(C)c(Cl)c1CS(=O)(=O)c1ccc(F)cc1N. The lowest BCUT2D eigenvalue weighted by atomic mass is 10.3. The van der Waals surface area contributed by atoms with Crippen LogP contribution in [0.1, 0.15) is 18.3 Å². The number of rotatable bonds is 4. The summed E-state index contributed by atoms with van der Waals surface area (Å²) in [6, 6.07) is 3.21. The molecule has 0 saturated carbocycles. The first kappa shape index (κ1) is 15.8. The zero-order chi connectivity index (χ0) is 15.8. The fraction of sp³-hybridized carbons (Fsp3) is 0.308. The van der Waals surface area contributed by atoms with Crippen LogP contribution >= 0.6 is 11.6 Å². The number of halogens is 2. The van der Waals surface area contributed by atoms with Gasteiger partial charge in [-0.3, -0.25) is 4.68 Å². The molecule has 0 spiro atoms. The molecule has 114 valence electrons. The van der Waals surface area contributed by atoms with Crippen molar-refractivity contribution in [2.45, 2.75) is 31.0 Å². The van der Waals surface area contributed by atoms with Gasteiger partial charge in [0.2, 0.25) is 0 Å². The van der Waals surface area contributed by atoms with E-state index in [0.29, 0.717) is 23.0 Å². The van der Waals surface area contributed by atoms with Crippen molar-refractivity contribution in [1.82, 2.24) is 9.78 Å². The second kappa shape index (κ2) is 5.65. The molecule has 0 aliphatic rings. The molecular weight excluding hydrogens is 317 g/mol. The zero-order valence-corrected chi connectivity index (χ0v) is 13.2. The molecule has 0 bridgehead atoms. The average Bonchev–Trinajstić information content (AvgIpc) is 2.65. The van der Waals surface area contributed by atoms with Crippen molar-refractivity contribution in [3.8, 4) is 0 Å². The molecular formula is C13H15ClFN3O2S. The Morgan fingerprint density at radius 3 is 2.67 bits per heavy atom. The molecule has 0 unspecified atom stereocenters. The Morgan fingerprint density at radius 1 is 1.43 bits per heavy atom. The summed E-state index contributed by atoms with van der Waals surface area (Å²) in [5, 5.41) is 4.49. The Bertz CT molecular complexity index is 787. The van der Waals surface area contributed by atoms with E-state index < -0.39 is 15.7 Å². The van der Waals surface area contributed by atoms with Gasteiger partial charge in [-0.25, -0.2) is 12.8 Å². The van der Waals surface area contributed by atoms with Gasteiger partial charge in [0.25, 0.3) is 0 Å². The maximum absolute atomic E-state index is 13.0. The summed E-state index contributed by atoms with van der Waals surface area (Å²) in [5.74, 6) is -0.921. The minimum Gasteiger partial charge on any atom is -0.398 e. The fourth-order valence-corrected chi connectivity index (χ4v) is 3.85. The van der Waals surface area contributed by atoms with Crippen molar-refractivity contribution in [2.24, 2.45) is 0 Å². The molecule has 2 aromatic rings. The maximum Gasteiger partial charge on any atom is 0.186 e. The number of nitrogens with two attached hydrogens (primary N) is 1. The number of nitrogens with zero attached hydrogens (tertiary/aromatic N) is 2. The van der Waals surface area contributed by atoms with Crippen LogP contribution in [0.4, 0.5) is 10.1 Å². The first-order valence-electron chi connectivity index (χ1n) is 6.25. The molecule has 2 N–H and O–H groups in total. The van der Waals surface area contributed by atoms with Crippen LogP contribution in [-0.2, 0) is 22.1 Å². The second-order valence-corrected chi connectivity index (χ2v) is 6.94. The van der Waals surface area contributed by atoms with Gasteiger partial charge in [0.1, 0.15) is 5.82 Å². The van der Waals surface area contributed by atoms with Crippen molar-refractivity contribution < 1.29 is 12.8 Å². The topological polar surface area (TPSA) is 78.0 Å². The van der Waals surface area contributed by atoms with Gasteiger partial charge in [-0.15, -0.1) is 0 Å². The molecule has 0 saturated heterocycles. The molecule has 5 nitrogen and oxygen atoms in total. The minimum atomic E-state index is -3.74.